The lowest BCUT2D eigenvalue weighted by molar-refractivity contribution is -0.144. The summed E-state index contributed by atoms with van der Waals surface area (Å²) in [7, 11) is 0. The standard InChI is InChI=1S/C27H30N4O4S2/c1-2-34-25(32)18-30-14-12-29(13-15-30)10-6-11-31(26(33)24-9-5-16-36-24)27-28-21(19-37-27)23-17-20-7-3-4-8-22(20)35-23/h3-5,7-9,16-17,19H,2,6,10-15,18H2,1H3. The van der Waals surface area contributed by atoms with E-state index in [1.165, 1.54) is 22.7 Å². The van der Waals surface area contributed by atoms with Gasteiger partial charge in [0.2, 0.25) is 0 Å². The number of thiophene rings is 1. The van der Waals surface area contributed by atoms with E-state index in [0.29, 0.717) is 35.5 Å². The first-order chi connectivity index (χ1) is 18.1. The third-order valence-electron chi connectivity index (χ3n) is 6.36. The first-order valence-electron chi connectivity index (χ1n) is 12.5. The molecule has 0 saturated carbocycles. The highest BCUT2D eigenvalue weighted by Gasteiger charge is 2.24. The van der Waals surface area contributed by atoms with Gasteiger partial charge < -0.3 is 14.1 Å². The van der Waals surface area contributed by atoms with E-state index in [4.69, 9.17) is 14.1 Å². The number of fused-ring (bicyclic) bond motifs is 1. The molecule has 0 unspecified atom stereocenters. The summed E-state index contributed by atoms with van der Waals surface area (Å²) < 4.78 is 11.1. The van der Waals surface area contributed by atoms with Crippen LogP contribution in [0.25, 0.3) is 22.4 Å². The summed E-state index contributed by atoms with van der Waals surface area (Å²) in [6.45, 7) is 7.51. The Labute approximate surface area is 224 Å². The summed E-state index contributed by atoms with van der Waals surface area (Å²) in [4.78, 5) is 36.9. The van der Waals surface area contributed by atoms with Crippen molar-refractivity contribution in [3.8, 4) is 11.5 Å². The molecule has 37 heavy (non-hydrogen) atoms. The van der Waals surface area contributed by atoms with Gasteiger partial charge in [-0.15, -0.1) is 22.7 Å². The number of thiazole rings is 1. The van der Waals surface area contributed by atoms with Crippen LogP contribution in [0.3, 0.4) is 0 Å². The van der Waals surface area contributed by atoms with Crippen LogP contribution >= 0.6 is 22.7 Å². The molecule has 0 atom stereocenters. The van der Waals surface area contributed by atoms with Gasteiger partial charge in [0.05, 0.1) is 18.0 Å². The zero-order valence-corrected chi connectivity index (χ0v) is 22.4. The number of carbonyl (C=O) groups excluding carboxylic acids is 2. The van der Waals surface area contributed by atoms with E-state index in [1.807, 2.05) is 60.1 Å². The van der Waals surface area contributed by atoms with Crippen LogP contribution in [-0.2, 0) is 9.53 Å². The molecule has 1 aromatic carbocycles. The van der Waals surface area contributed by atoms with Gasteiger partial charge in [0.1, 0.15) is 11.3 Å². The second-order valence-electron chi connectivity index (χ2n) is 8.87. The van der Waals surface area contributed by atoms with Crippen LogP contribution in [0, 0.1) is 0 Å². The first-order valence-corrected chi connectivity index (χ1v) is 14.3. The first kappa shape index (κ1) is 25.6. The second kappa shape index (κ2) is 12.0. The van der Waals surface area contributed by atoms with Crippen LogP contribution < -0.4 is 4.90 Å². The number of hydrogen-bond acceptors (Lipinski definition) is 9. The van der Waals surface area contributed by atoms with E-state index in [2.05, 4.69) is 9.80 Å². The van der Waals surface area contributed by atoms with Gasteiger partial charge in [0.15, 0.2) is 10.9 Å². The molecule has 0 N–H and O–H groups in total. The Hall–Kier alpha value is -3.05. The van der Waals surface area contributed by atoms with Crippen molar-refractivity contribution in [2.45, 2.75) is 13.3 Å². The molecular weight excluding hydrogens is 508 g/mol. The van der Waals surface area contributed by atoms with Crippen molar-refractivity contribution in [3.05, 3.63) is 58.1 Å². The molecule has 0 aliphatic carbocycles. The summed E-state index contributed by atoms with van der Waals surface area (Å²) in [6, 6.07) is 13.6. The second-order valence-corrected chi connectivity index (χ2v) is 10.7. The average Bonchev–Trinajstić information content (AvgIpc) is 3.68. The fourth-order valence-corrected chi connectivity index (χ4v) is 5.95. The minimum atomic E-state index is -0.163. The molecule has 0 spiro atoms. The Balaban J connectivity index is 1.22. The number of piperazine rings is 1. The Kier molecular flexibility index (Phi) is 8.30. The summed E-state index contributed by atoms with van der Waals surface area (Å²) in [5, 5.41) is 5.57. The molecular formula is C27H30N4O4S2. The molecule has 0 bridgehead atoms. The summed E-state index contributed by atoms with van der Waals surface area (Å²) in [6.07, 6.45) is 0.828. The number of benzene rings is 1. The minimum absolute atomic E-state index is 0.0280. The Bertz CT molecular complexity index is 1290. The van der Waals surface area contributed by atoms with Crippen molar-refractivity contribution in [2.75, 3.05) is 57.3 Å². The van der Waals surface area contributed by atoms with E-state index in [9.17, 15) is 9.59 Å². The molecule has 1 amide bonds. The quantitative estimate of drug-likeness (QED) is 0.268. The molecule has 4 heterocycles. The molecule has 4 aromatic rings. The number of nitrogens with zero attached hydrogens (tertiary/aromatic N) is 4. The highest BCUT2D eigenvalue weighted by molar-refractivity contribution is 7.14. The Morgan fingerprint density at radius 2 is 1.89 bits per heavy atom. The average molecular weight is 539 g/mol. The van der Waals surface area contributed by atoms with Crippen LogP contribution in [0.5, 0.6) is 0 Å². The number of ether oxygens (including phenoxy) is 1. The lowest BCUT2D eigenvalue weighted by Gasteiger charge is -2.34. The summed E-state index contributed by atoms with van der Waals surface area (Å²) >= 11 is 2.90. The molecule has 1 saturated heterocycles. The molecule has 0 radical (unpaired) electrons. The molecule has 3 aromatic heterocycles. The van der Waals surface area contributed by atoms with Crippen LogP contribution in [0.2, 0.25) is 0 Å². The van der Waals surface area contributed by atoms with Crippen LogP contribution in [0.1, 0.15) is 23.0 Å². The van der Waals surface area contributed by atoms with Gasteiger partial charge in [-0.3, -0.25) is 19.4 Å². The number of aromatic nitrogens is 1. The molecule has 10 heteroatoms. The van der Waals surface area contributed by atoms with Gasteiger partial charge in [-0.2, -0.15) is 0 Å². The van der Waals surface area contributed by atoms with Gasteiger partial charge in [0.25, 0.3) is 5.91 Å². The number of para-hydroxylation sites is 1. The number of carbonyl (C=O) groups is 2. The summed E-state index contributed by atoms with van der Waals surface area (Å²) in [5.74, 6) is 0.511. The van der Waals surface area contributed by atoms with E-state index in [-0.39, 0.29) is 11.9 Å². The van der Waals surface area contributed by atoms with E-state index in [1.54, 1.807) is 4.90 Å². The lowest BCUT2D eigenvalue weighted by Crippen LogP contribution is -2.48. The third-order valence-corrected chi connectivity index (χ3v) is 8.08. The fraction of sp³-hybridized carbons (Fsp3) is 0.370. The predicted octanol–water partition coefficient (Wildman–Crippen LogP) is 4.84. The molecule has 1 fully saturated rings. The molecule has 8 nitrogen and oxygen atoms in total. The zero-order chi connectivity index (χ0) is 25.6. The number of anilines is 1. The molecule has 1 aliphatic rings. The zero-order valence-electron chi connectivity index (χ0n) is 20.8. The van der Waals surface area contributed by atoms with Gasteiger partial charge >= 0.3 is 5.97 Å². The number of esters is 1. The fourth-order valence-electron chi connectivity index (χ4n) is 4.44. The SMILES string of the molecule is CCOC(=O)CN1CCN(CCCN(C(=O)c2cccs2)c2nc(-c3cc4ccccc4o3)cs2)CC1. The predicted molar refractivity (Wildman–Crippen MR) is 147 cm³/mol. The molecule has 1 aliphatic heterocycles. The Morgan fingerprint density at radius 1 is 1.08 bits per heavy atom. The van der Waals surface area contributed by atoms with Crippen molar-refractivity contribution in [2.24, 2.45) is 0 Å². The third kappa shape index (κ3) is 6.27. The maximum Gasteiger partial charge on any atom is 0.320 e. The monoisotopic (exact) mass is 538 g/mol. The number of hydrogen-bond donors (Lipinski definition) is 0. The maximum absolute atomic E-state index is 13.4. The highest BCUT2D eigenvalue weighted by Crippen LogP contribution is 2.32. The minimum Gasteiger partial charge on any atom is -0.465 e. The normalized spacial score (nSPS) is 14.7. The van der Waals surface area contributed by atoms with E-state index < -0.39 is 0 Å². The van der Waals surface area contributed by atoms with E-state index >= 15 is 0 Å². The van der Waals surface area contributed by atoms with Crippen molar-refractivity contribution in [3.63, 3.8) is 0 Å². The van der Waals surface area contributed by atoms with Gasteiger partial charge in [-0.05, 0) is 43.5 Å². The lowest BCUT2D eigenvalue weighted by atomic mass is 10.2. The van der Waals surface area contributed by atoms with Crippen molar-refractivity contribution < 1.29 is 18.7 Å². The number of furan rings is 1. The van der Waals surface area contributed by atoms with E-state index in [0.717, 1.165) is 55.8 Å². The van der Waals surface area contributed by atoms with Crippen LogP contribution in [0.15, 0.2) is 57.6 Å². The smallest absolute Gasteiger partial charge is 0.320 e. The van der Waals surface area contributed by atoms with Gasteiger partial charge in [0, 0.05) is 43.5 Å². The van der Waals surface area contributed by atoms with Crippen LogP contribution in [-0.4, -0.2) is 79.1 Å². The van der Waals surface area contributed by atoms with Gasteiger partial charge in [-0.1, -0.05) is 24.3 Å². The van der Waals surface area contributed by atoms with Crippen molar-refractivity contribution >= 4 is 50.7 Å². The highest BCUT2D eigenvalue weighted by atomic mass is 32.1. The van der Waals surface area contributed by atoms with Crippen molar-refractivity contribution in [1.29, 1.82) is 0 Å². The topological polar surface area (TPSA) is 79.1 Å². The largest absolute Gasteiger partial charge is 0.465 e. The van der Waals surface area contributed by atoms with Crippen molar-refractivity contribution in [1.82, 2.24) is 14.8 Å². The number of rotatable bonds is 10. The molecule has 5 rings (SSSR count). The summed E-state index contributed by atoms with van der Waals surface area (Å²) in [5.41, 5.74) is 1.55. The Morgan fingerprint density at radius 3 is 2.65 bits per heavy atom. The molecule has 194 valence electrons. The number of amides is 1. The van der Waals surface area contributed by atoms with Gasteiger partial charge in [-0.25, -0.2) is 4.98 Å². The maximum atomic E-state index is 13.4. The van der Waals surface area contributed by atoms with Crippen LogP contribution in [0.4, 0.5) is 5.13 Å².